The van der Waals surface area contributed by atoms with Gasteiger partial charge in [0.2, 0.25) is 5.91 Å². The minimum atomic E-state index is -0.387. The lowest BCUT2D eigenvalue weighted by Gasteiger charge is -2.09. The molecule has 25 heavy (non-hydrogen) atoms. The standard InChI is InChI=1S/C19H22N2O4/c1-2-25-18(23)11-10-17(22)20-12-13-21-19(24)16-9-5-7-14-6-3-4-8-15(14)16/h3-9H,2,10-13H2,1H3,(H,20,22)(H,21,24). The summed E-state index contributed by atoms with van der Waals surface area (Å²) in [6.45, 7) is 2.64. The molecular weight excluding hydrogens is 320 g/mol. The van der Waals surface area contributed by atoms with Crippen molar-refractivity contribution in [3.63, 3.8) is 0 Å². The van der Waals surface area contributed by atoms with Gasteiger partial charge in [0.25, 0.3) is 5.91 Å². The number of rotatable bonds is 8. The van der Waals surface area contributed by atoms with Crippen LogP contribution in [0.25, 0.3) is 10.8 Å². The average molecular weight is 342 g/mol. The Morgan fingerprint density at radius 2 is 1.64 bits per heavy atom. The van der Waals surface area contributed by atoms with Crippen LogP contribution in [0.2, 0.25) is 0 Å². The number of fused-ring (bicyclic) bond motifs is 1. The zero-order valence-corrected chi connectivity index (χ0v) is 14.2. The van der Waals surface area contributed by atoms with Crippen LogP contribution in [-0.4, -0.2) is 37.5 Å². The Kier molecular flexibility index (Phi) is 6.95. The molecule has 0 radical (unpaired) electrons. The maximum atomic E-state index is 12.3. The van der Waals surface area contributed by atoms with Crippen LogP contribution in [0.4, 0.5) is 0 Å². The quantitative estimate of drug-likeness (QED) is 0.568. The summed E-state index contributed by atoms with van der Waals surface area (Å²) in [7, 11) is 0. The van der Waals surface area contributed by atoms with Crippen molar-refractivity contribution in [2.75, 3.05) is 19.7 Å². The van der Waals surface area contributed by atoms with Crippen LogP contribution < -0.4 is 10.6 Å². The van der Waals surface area contributed by atoms with Gasteiger partial charge in [-0.3, -0.25) is 14.4 Å². The Morgan fingerprint density at radius 1 is 0.920 bits per heavy atom. The van der Waals surface area contributed by atoms with Crippen LogP contribution in [0, 0.1) is 0 Å². The topological polar surface area (TPSA) is 84.5 Å². The maximum Gasteiger partial charge on any atom is 0.306 e. The van der Waals surface area contributed by atoms with Gasteiger partial charge in [-0.2, -0.15) is 0 Å². The van der Waals surface area contributed by atoms with Crippen molar-refractivity contribution in [1.82, 2.24) is 10.6 Å². The van der Waals surface area contributed by atoms with E-state index in [0.29, 0.717) is 25.3 Å². The van der Waals surface area contributed by atoms with Crippen LogP contribution >= 0.6 is 0 Å². The molecule has 0 aliphatic rings. The molecule has 2 aromatic carbocycles. The van der Waals surface area contributed by atoms with Crippen molar-refractivity contribution in [3.05, 3.63) is 48.0 Å². The van der Waals surface area contributed by atoms with Gasteiger partial charge < -0.3 is 15.4 Å². The molecule has 2 rings (SSSR count). The number of nitrogens with one attached hydrogen (secondary N) is 2. The maximum absolute atomic E-state index is 12.3. The summed E-state index contributed by atoms with van der Waals surface area (Å²) in [6, 6.07) is 13.2. The van der Waals surface area contributed by atoms with Gasteiger partial charge in [-0.25, -0.2) is 0 Å². The fourth-order valence-electron chi connectivity index (χ4n) is 2.43. The third-order valence-corrected chi connectivity index (χ3v) is 3.63. The van der Waals surface area contributed by atoms with Crippen LogP contribution in [-0.2, 0) is 14.3 Å². The SMILES string of the molecule is CCOC(=O)CCC(=O)NCCNC(=O)c1cccc2ccccc12. The first kappa shape index (κ1) is 18.4. The summed E-state index contributed by atoms with van der Waals surface area (Å²) in [6.07, 6.45) is 0.137. The van der Waals surface area contributed by atoms with Crippen molar-refractivity contribution in [1.29, 1.82) is 0 Å². The minimum Gasteiger partial charge on any atom is -0.466 e. The van der Waals surface area contributed by atoms with Crippen LogP contribution in [0.1, 0.15) is 30.1 Å². The van der Waals surface area contributed by atoms with E-state index < -0.39 is 0 Å². The van der Waals surface area contributed by atoms with Crippen molar-refractivity contribution in [2.45, 2.75) is 19.8 Å². The second-order valence-corrected chi connectivity index (χ2v) is 5.44. The molecule has 0 unspecified atom stereocenters. The van der Waals surface area contributed by atoms with E-state index >= 15 is 0 Å². The van der Waals surface area contributed by atoms with Gasteiger partial charge in [0.1, 0.15) is 0 Å². The number of esters is 1. The predicted molar refractivity (Wildman–Crippen MR) is 95.2 cm³/mol. The van der Waals surface area contributed by atoms with Crippen molar-refractivity contribution < 1.29 is 19.1 Å². The Hall–Kier alpha value is -2.89. The summed E-state index contributed by atoms with van der Waals surface area (Å²) in [5, 5.41) is 7.34. The Labute approximate surface area is 146 Å². The van der Waals surface area contributed by atoms with Gasteiger partial charge >= 0.3 is 5.97 Å². The first-order valence-electron chi connectivity index (χ1n) is 8.30. The molecule has 2 aromatic rings. The summed E-state index contributed by atoms with van der Waals surface area (Å²) < 4.78 is 4.76. The highest BCUT2D eigenvalue weighted by Gasteiger charge is 2.10. The lowest BCUT2D eigenvalue weighted by molar-refractivity contribution is -0.144. The normalized spacial score (nSPS) is 10.3. The lowest BCUT2D eigenvalue weighted by Crippen LogP contribution is -2.34. The Balaban J connectivity index is 1.75. The second kappa shape index (κ2) is 9.42. The molecule has 2 N–H and O–H groups in total. The van der Waals surface area contributed by atoms with E-state index in [1.807, 2.05) is 36.4 Å². The van der Waals surface area contributed by atoms with Crippen molar-refractivity contribution >= 4 is 28.6 Å². The first-order chi connectivity index (χ1) is 12.1. The van der Waals surface area contributed by atoms with Gasteiger partial charge in [0, 0.05) is 25.1 Å². The predicted octanol–water partition coefficient (Wildman–Crippen LogP) is 2.03. The largest absolute Gasteiger partial charge is 0.466 e. The molecule has 0 saturated carbocycles. The molecular formula is C19H22N2O4. The van der Waals surface area contributed by atoms with E-state index in [9.17, 15) is 14.4 Å². The van der Waals surface area contributed by atoms with Gasteiger partial charge in [0.15, 0.2) is 0 Å². The zero-order chi connectivity index (χ0) is 18.1. The van der Waals surface area contributed by atoms with Gasteiger partial charge in [-0.05, 0) is 23.8 Å². The molecule has 0 bridgehead atoms. The molecule has 0 spiro atoms. The molecule has 0 saturated heterocycles. The molecule has 0 heterocycles. The smallest absolute Gasteiger partial charge is 0.306 e. The van der Waals surface area contributed by atoms with E-state index in [4.69, 9.17) is 4.74 Å². The number of carbonyl (C=O) groups excluding carboxylic acids is 3. The minimum absolute atomic E-state index is 0.0576. The molecule has 2 amide bonds. The lowest BCUT2D eigenvalue weighted by atomic mass is 10.0. The summed E-state index contributed by atoms with van der Waals surface area (Å²) in [5.74, 6) is -0.813. The van der Waals surface area contributed by atoms with Gasteiger partial charge in [-0.1, -0.05) is 36.4 Å². The number of benzene rings is 2. The molecule has 6 nitrogen and oxygen atoms in total. The summed E-state index contributed by atoms with van der Waals surface area (Å²) in [4.78, 5) is 35.1. The summed E-state index contributed by atoms with van der Waals surface area (Å²) >= 11 is 0. The number of hydrogen-bond donors (Lipinski definition) is 2. The number of carbonyl (C=O) groups is 3. The highest BCUT2D eigenvalue weighted by atomic mass is 16.5. The molecule has 0 atom stereocenters. The summed E-state index contributed by atoms with van der Waals surface area (Å²) in [5.41, 5.74) is 0.603. The third kappa shape index (κ3) is 5.60. The number of amides is 2. The first-order valence-corrected chi connectivity index (χ1v) is 8.30. The zero-order valence-electron chi connectivity index (χ0n) is 14.2. The third-order valence-electron chi connectivity index (χ3n) is 3.63. The average Bonchev–Trinajstić information content (AvgIpc) is 2.63. The molecule has 6 heteroatoms. The van der Waals surface area contributed by atoms with E-state index in [1.54, 1.807) is 13.0 Å². The molecule has 0 aliphatic heterocycles. The van der Waals surface area contributed by atoms with Gasteiger partial charge in [-0.15, -0.1) is 0 Å². The molecule has 0 aliphatic carbocycles. The monoisotopic (exact) mass is 342 g/mol. The van der Waals surface area contributed by atoms with Crippen LogP contribution in [0.3, 0.4) is 0 Å². The van der Waals surface area contributed by atoms with E-state index in [2.05, 4.69) is 10.6 Å². The molecule has 0 fully saturated rings. The molecule has 132 valence electrons. The fraction of sp³-hybridized carbons (Fsp3) is 0.316. The molecule has 0 aromatic heterocycles. The Bertz CT molecular complexity index is 753. The van der Waals surface area contributed by atoms with Crippen molar-refractivity contribution in [3.8, 4) is 0 Å². The highest BCUT2D eigenvalue weighted by molar-refractivity contribution is 6.07. The van der Waals surface area contributed by atoms with E-state index in [1.165, 1.54) is 0 Å². The Morgan fingerprint density at radius 3 is 2.44 bits per heavy atom. The van der Waals surface area contributed by atoms with Crippen LogP contribution in [0.5, 0.6) is 0 Å². The van der Waals surface area contributed by atoms with Crippen LogP contribution in [0.15, 0.2) is 42.5 Å². The highest BCUT2D eigenvalue weighted by Crippen LogP contribution is 2.18. The van der Waals surface area contributed by atoms with E-state index in [-0.39, 0.29) is 30.6 Å². The van der Waals surface area contributed by atoms with E-state index in [0.717, 1.165) is 10.8 Å². The number of ether oxygens (including phenoxy) is 1. The van der Waals surface area contributed by atoms with Gasteiger partial charge in [0.05, 0.1) is 13.0 Å². The van der Waals surface area contributed by atoms with Crippen molar-refractivity contribution in [2.24, 2.45) is 0 Å². The number of hydrogen-bond acceptors (Lipinski definition) is 4. The fourth-order valence-corrected chi connectivity index (χ4v) is 2.43. The second-order valence-electron chi connectivity index (χ2n) is 5.44.